The molecule has 2 bridgehead atoms. The second kappa shape index (κ2) is 9.10. The Hall–Kier alpha value is -4.64. The van der Waals surface area contributed by atoms with Crippen molar-refractivity contribution in [2.75, 3.05) is 0 Å². The van der Waals surface area contributed by atoms with E-state index in [0.717, 1.165) is 11.1 Å². The Labute approximate surface area is 215 Å². The van der Waals surface area contributed by atoms with Crippen LogP contribution in [0.1, 0.15) is 29.7 Å². The Morgan fingerprint density at radius 2 is 1.51 bits per heavy atom. The summed E-state index contributed by atoms with van der Waals surface area (Å²) < 4.78 is 18.3. The molecule has 182 valence electrons. The van der Waals surface area contributed by atoms with Crippen molar-refractivity contribution in [3.05, 3.63) is 102 Å². The van der Waals surface area contributed by atoms with Crippen molar-refractivity contribution >= 4 is 5.90 Å². The van der Waals surface area contributed by atoms with Gasteiger partial charge in [0.1, 0.15) is 18.5 Å². The number of rotatable bonds is 6. The lowest BCUT2D eigenvalue weighted by Gasteiger charge is -2.48. The number of fused-ring (bicyclic) bond motifs is 2. The Morgan fingerprint density at radius 3 is 2.14 bits per heavy atom. The first-order valence-corrected chi connectivity index (χ1v) is 11.9. The predicted octanol–water partition coefficient (Wildman–Crippen LogP) is 5.46. The van der Waals surface area contributed by atoms with E-state index in [9.17, 15) is 15.8 Å². The molecule has 4 atom stereocenters. The Balaban J connectivity index is 1.57. The van der Waals surface area contributed by atoms with Gasteiger partial charge in [0.15, 0.2) is 5.41 Å². The highest BCUT2D eigenvalue weighted by Crippen LogP contribution is 2.67. The molecular weight excluding hydrogens is 464 g/mol. The summed E-state index contributed by atoms with van der Waals surface area (Å²) in [4.78, 5) is 0. The van der Waals surface area contributed by atoms with E-state index in [1.807, 2.05) is 60.7 Å². The van der Waals surface area contributed by atoms with Crippen LogP contribution in [0.15, 0.2) is 84.9 Å². The van der Waals surface area contributed by atoms with Gasteiger partial charge in [0.05, 0.1) is 24.1 Å². The number of hydrogen-bond donors (Lipinski definition) is 1. The van der Waals surface area contributed by atoms with Crippen LogP contribution in [-0.2, 0) is 22.5 Å². The first-order chi connectivity index (χ1) is 17.9. The lowest BCUT2D eigenvalue weighted by atomic mass is 9.52. The monoisotopic (exact) mass is 488 g/mol. The quantitative estimate of drug-likeness (QED) is 0.491. The summed E-state index contributed by atoms with van der Waals surface area (Å²) in [5, 5.41) is 40.3. The van der Waals surface area contributed by atoms with Crippen LogP contribution in [-0.4, -0.2) is 11.7 Å². The van der Waals surface area contributed by atoms with Gasteiger partial charge in [-0.2, -0.15) is 15.8 Å². The average Bonchev–Trinajstić information content (AvgIpc) is 3.09. The second-order valence-corrected chi connectivity index (χ2v) is 9.49. The molecule has 0 radical (unpaired) electrons. The van der Waals surface area contributed by atoms with Gasteiger partial charge in [0.2, 0.25) is 17.1 Å². The molecule has 37 heavy (non-hydrogen) atoms. The van der Waals surface area contributed by atoms with Crippen molar-refractivity contribution in [2.45, 2.75) is 31.8 Å². The van der Waals surface area contributed by atoms with Gasteiger partial charge in [-0.3, -0.25) is 5.41 Å². The second-order valence-electron chi connectivity index (χ2n) is 9.49. The smallest absolute Gasteiger partial charge is 0.215 e. The highest BCUT2D eigenvalue weighted by molar-refractivity contribution is 5.89. The number of nitrogens with zero attached hydrogens (tertiary/aromatic N) is 3. The SMILES string of the molecule is CC12OC(=N)C(C#N)(C1Cc1ccccc1)C(C#N)(C#N)C(c1cccc(OCc3ccccc3)c1)O2. The molecule has 0 aliphatic carbocycles. The number of benzene rings is 3. The van der Waals surface area contributed by atoms with Gasteiger partial charge in [-0.25, -0.2) is 0 Å². The molecule has 2 saturated heterocycles. The topological polar surface area (TPSA) is 123 Å². The third-order valence-corrected chi connectivity index (χ3v) is 7.41. The van der Waals surface area contributed by atoms with Crippen LogP contribution in [0.25, 0.3) is 0 Å². The summed E-state index contributed by atoms with van der Waals surface area (Å²) >= 11 is 0. The van der Waals surface area contributed by atoms with E-state index >= 15 is 0 Å². The Morgan fingerprint density at radius 1 is 0.865 bits per heavy atom. The number of nitrogens with one attached hydrogen (secondary N) is 1. The van der Waals surface area contributed by atoms with Crippen LogP contribution in [0, 0.1) is 56.2 Å². The molecule has 0 spiro atoms. The van der Waals surface area contributed by atoms with Crippen LogP contribution < -0.4 is 4.74 Å². The molecule has 0 saturated carbocycles. The minimum absolute atomic E-state index is 0.297. The molecule has 2 aliphatic heterocycles. The van der Waals surface area contributed by atoms with Crippen LogP contribution in [0.2, 0.25) is 0 Å². The molecule has 2 heterocycles. The van der Waals surface area contributed by atoms with E-state index in [1.165, 1.54) is 0 Å². The van der Waals surface area contributed by atoms with E-state index in [1.54, 1.807) is 31.2 Å². The predicted molar refractivity (Wildman–Crippen MR) is 134 cm³/mol. The fourth-order valence-corrected chi connectivity index (χ4v) is 5.55. The van der Waals surface area contributed by atoms with E-state index in [2.05, 4.69) is 18.2 Å². The molecule has 7 heteroatoms. The van der Waals surface area contributed by atoms with Crippen molar-refractivity contribution < 1.29 is 14.2 Å². The first-order valence-electron chi connectivity index (χ1n) is 11.9. The largest absolute Gasteiger partial charge is 0.489 e. The van der Waals surface area contributed by atoms with Crippen LogP contribution in [0.3, 0.4) is 0 Å². The molecule has 4 unspecified atom stereocenters. The minimum atomic E-state index is -2.04. The molecule has 0 aromatic heterocycles. The molecule has 7 nitrogen and oxygen atoms in total. The van der Waals surface area contributed by atoms with Gasteiger partial charge in [-0.1, -0.05) is 72.8 Å². The lowest BCUT2D eigenvalue weighted by molar-refractivity contribution is -0.272. The summed E-state index contributed by atoms with van der Waals surface area (Å²) in [5.41, 5.74) is -1.50. The van der Waals surface area contributed by atoms with Crippen molar-refractivity contribution in [3.63, 3.8) is 0 Å². The van der Waals surface area contributed by atoms with Gasteiger partial charge in [-0.05, 0) is 35.2 Å². The third kappa shape index (κ3) is 3.62. The molecular formula is C30H24N4O3. The molecule has 1 N–H and O–H groups in total. The maximum atomic E-state index is 10.6. The average molecular weight is 489 g/mol. The maximum absolute atomic E-state index is 10.6. The third-order valence-electron chi connectivity index (χ3n) is 7.41. The maximum Gasteiger partial charge on any atom is 0.215 e. The Kier molecular flexibility index (Phi) is 5.92. The molecule has 0 amide bonds. The summed E-state index contributed by atoms with van der Waals surface area (Å²) in [6, 6.07) is 32.5. The number of nitriles is 3. The van der Waals surface area contributed by atoms with Crippen molar-refractivity contribution in [3.8, 4) is 24.0 Å². The summed E-state index contributed by atoms with van der Waals surface area (Å²) in [7, 11) is 0. The van der Waals surface area contributed by atoms with E-state index < -0.39 is 34.5 Å². The summed E-state index contributed by atoms with van der Waals surface area (Å²) in [6.45, 7) is 2.01. The fourth-order valence-electron chi connectivity index (χ4n) is 5.55. The van der Waals surface area contributed by atoms with Crippen molar-refractivity contribution in [2.24, 2.45) is 16.7 Å². The molecule has 3 aromatic carbocycles. The van der Waals surface area contributed by atoms with Gasteiger partial charge in [0.25, 0.3) is 0 Å². The van der Waals surface area contributed by atoms with Crippen molar-refractivity contribution in [1.82, 2.24) is 0 Å². The van der Waals surface area contributed by atoms with E-state index in [-0.39, 0.29) is 0 Å². The highest BCUT2D eigenvalue weighted by Gasteiger charge is 2.79. The highest BCUT2D eigenvalue weighted by atomic mass is 16.7. The van der Waals surface area contributed by atoms with Crippen molar-refractivity contribution in [1.29, 1.82) is 21.2 Å². The fraction of sp³-hybridized carbons (Fsp3) is 0.267. The zero-order valence-electron chi connectivity index (χ0n) is 20.2. The minimum Gasteiger partial charge on any atom is -0.489 e. The molecule has 5 rings (SSSR count). The van der Waals surface area contributed by atoms with Gasteiger partial charge < -0.3 is 14.2 Å². The zero-order valence-corrected chi connectivity index (χ0v) is 20.2. The molecule has 2 fully saturated rings. The first kappa shape index (κ1) is 24.1. The van der Waals surface area contributed by atoms with Gasteiger partial charge in [-0.15, -0.1) is 0 Å². The number of ether oxygens (including phenoxy) is 3. The van der Waals surface area contributed by atoms with Crippen LogP contribution in [0.4, 0.5) is 0 Å². The van der Waals surface area contributed by atoms with Gasteiger partial charge >= 0.3 is 0 Å². The summed E-state index contributed by atoms with van der Waals surface area (Å²) in [5.74, 6) is -2.04. The van der Waals surface area contributed by atoms with Gasteiger partial charge in [0, 0.05) is 6.92 Å². The number of hydrogen-bond acceptors (Lipinski definition) is 7. The molecule has 2 aliphatic rings. The normalized spacial score (nSPS) is 27.2. The summed E-state index contributed by atoms with van der Waals surface area (Å²) in [6.07, 6.45) is -0.854. The van der Waals surface area contributed by atoms with Crippen LogP contribution in [0.5, 0.6) is 5.75 Å². The Bertz CT molecular complexity index is 1440. The molecule has 3 aromatic rings. The lowest BCUT2D eigenvalue weighted by Crippen LogP contribution is -2.59. The standard InChI is InChI=1S/C30H24N4O3/c1-28-25(15-21-9-4-2-5-10-21)30(20-33,27(34)37-28)29(18-31,19-32)26(36-28)23-13-8-14-24(16-23)35-17-22-11-6-3-7-12-22/h2-14,16,25-26,34H,15,17H2,1H3. The van der Waals surface area contributed by atoms with Crippen LogP contribution >= 0.6 is 0 Å². The van der Waals surface area contributed by atoms with E-state index in [4.69, 9.17) is 19.6 Å². The zero-order chi connectivity index (χ0) is 26.1. The van der Waals surface area contributed by atoms with E-state index in [0.29, 0.717) is 24.3 Å².